The van der Waals surface area contributed by atoms with Crippen molar-refractivity contribution in [2.24, 2.45) is 0 Å². The van der Waals surface area contributed by atoms with E-state index >= 15 is 0 Å². The van der Waals surface area contributed by atoms with Crippen LogP contribution in [-0.4, -0.2) is 12.5 Å². The van der Waals surface area contributed by atoms with Crippen LogP contribution in [-0.2, 0) is 0 Å². The predicted molar refractivity (Wildman–Crippen MR) is 41.7 cm³/mol. The van der Waals surface area contributed by atoms with E-state index in [1.54, 1.807) is 0 Å². The molecule has 0 aliphatic heterocycles. The van der Waals surface area contributed by atoms with Crippen molar-refractivity contribution in [3.63, 3.8) is 0 Å². The van der Waals surface area contributed by atoms with E-state index in [1.165, 1.54) is 12.1 Å². The van der Waals surface area contributed by atoms with E-state index < -0.39 is 18.3 Å². The van der Waals surface area contributed by atoms with E-state index in [0.29, 0.717) is 0 Å². The Hall–Kier alpha value is -0.960. The van der Waals surface area contributed by atoms with Gasteiger partial charge in [-0.1, -0.05) is 17.7 Å². The number of hydrogen-bond donors (Lipinski definition) is 0. The fourth-order valence-corrected chi connectivity index (χ4v) is 1.10. The standard InChI is InChI=1S/C8H5ClF2O/c9-5-2-1-3-6(11)8(5)7(12)4-10/h1-3H,4H2. The van der Waals surface area contributed by atoms with Gasteiger partial charge in [0.15, 0.2) is 12.5 Å². The molecule has 0 atom stereocenters. The molecule has 0 saturated heterocycles. The molecule has 0 aliphatic carbocycles. The van der Waals surface area contributed by atoms with Crippen LogP contribution in [0.5, 0.6) is 0 Å². The van der Waals surface area contributed by atoms with E-state index in [9.17, 15) is 13.6 Å². The van der Waals surface area contributed by atoms with Crippen LogP contribution < -0.4 is 0 Å². The van der Waals surface area contributed by atoms with Crippen molar-refractivity contribution in [1.82, 2.24) is 0 Å². The normalized spacial score (nSPS) is 9.92. The zero-order valence-corrected chi connectivity index (χ0v) is 6.74. The molecule has 0 spiro atoms. The first-order valence-electron chi connectivity index (χ1n) is 3.20. The summed E-state index contributed by atoms with van der Waals surface area (Å²) < 4.78 is 24.7. The monoisotopic (exact) mass is 190 g/mol. The van der Waals surface area contributed by atoms with E-state index in [2.05, 4.69) is 0 Å². The van der Waals surface area contributed by atoms with Crippen molar-refractivity contribution in [3.8, 4) is 0 Å². The Morgan fingerprint density at radius 2 is 2.17 bits per heavy atom. The number of carbonyl (C=O) groups is 1. The summed E-state index contributed by atoms with van der Waals surface area (Å²) in [5.41, 5.74) is -0.373. The van der Waals surface area contributed by atoms with E-state index in [-0.39, 0.29) is 10.6 Å². The average Bonchev–Trinajstić information content (AvgIpc) is 2.03. The molecular weight excluding hydrogens is 186 g/mol. The van der Waals surface area contributed by atoms with Crippen molar-refractivity contribution in [3.05, 3.63) is 34.6 Å². The van der Waals surface area contributed by atoms with Gasteiger partial charge in [-0.25, -0.2) is 8.78 Å². The maximum absolute atomic E-state index is 12.8. The van der Waals surface area contributed by atoms with Gasteiger partial charge in [-0.2, -0.15) is 0 Å². The largest absolute Gasteiger partial charge is 0.291 e. The van der Waals surface area contributed by atoms with Crippen LogP contribution in [0.1, 0.15) is 10.4 Å². The molecule has 0 aromatic heterocycles. The molecule has 1 aromatic carbocycles. The quantitative estimate of drug-likeness (QED) is 0.656. The van der Waals surface area contributed by atoms with Crippen molar-refractivity contribution in [2.75, 3.05) is 6.67 Å². The molecule has 0 unspecified atom stereocenters. The number of Topliss-reactive ketones (excluding diaryl/α,β-unsaturated/α-hetero) is 1. The van der Waals surface area contributed by atoms with Crippen LogP contribution in [0.3, 0.4) is 0 Å². The molecule has 0 amide bonds. The van der Waals surface area contributed by atoms with E-state index in [4.69, 9.17) is 11.6 Å². The minimum atomic E-state index is -1.24. The van der Waals surface area contributed by atoms with Crippen molar-refractivity contribution in [2.45, 2.75) is 0 Å². The molecule has 0 saturated carbocycles. The molecule has 4 heteroatoms. The van der Waals surface area contributed by atoms with Crippen LogP contribution in [0.15, 0.2) is 18.2 Å². The smallest absolute Gasteiger partial charge is 0.198 e. The third-order valence-corrected chi connectivity index (χ3v) is 1.68. The summed E-state index contributed by atoms with van der Waals surface area (Å²) in [6, 6.07) is 3.76. The number of halogens is 3. The van der Waals surface area contributed by atoms with E-state index in [1.807, 2.05) is 0 Å². The summed E-state index contributed by atoms with van der Waals surface area (Å²) in [4.78, 5) is 10.8. The minimum absolute atomic E-state index is 0.0577. The Balaban J connectivity index is 3.21. The fourth-order valence-electron chi connectivity index (χ4n) is 0.831. The third-order valence-electron chi connectivity index (χ3n) is 1.36. The van der Waals surface area contributed by atoms with Gasteiger partial charge in [0.05, 0.1) is 10.6 Å². The molecule has 0 radical (unpaired) electrons. The summed E-state index contributed by atoms with van der Waals surface area (Å²) in [6.45, 7) is -1.24. The maximum atomic E-state index is 12.8. The van der Waals surface area contributed by atoms with Crippen LogP contribution in [0.4, 0.5) is 8.78 Å². The number of alkyl halides is 1. The topological polar surface area (TPSA) is 17.1 Å². The Morgan fingerprint density at radius 1 is 1.50 bits per heavy atom. The second-order valence-corrected chi connectivity index (χ2v) is 2.56. The molecule has 0 fully saturated rings. The van der Waals surface area contributed by atoms with Gasteiger partial charge in [-0.15, -0.1) is 0 Å². The number of rotatable bonds is 2. The van der Waals surface area contributed by atoms with Crippen LogP contribution in [0.2, 0.25) is 5.02 Å². The number of carbonyl (C=O) groups excluding carboxylic acids is 1. The second kappa shape index (κ2) is 3.63. The summed E-state index contributed by atoms with van der Waals surface area (Å²) in [5, 5.41) is -0.0577. The zero-order valence-electron chi connectivity index (χ0n) is 5.98. The third kappa shape index (κ3) is 1.61. The molecule has 0 aliphatic rings. The number of hydrogen-bond acceptors (Lipinski definition) is 1. The highest BCUT2D eigenvalue weighted by Gasteiger charge is 2.14. The lowest BCUT2D eigenvalue weighted by atomic mass is 10.1. The molecule has 0 heterocycles. The van der Waals surface area contributed by atoms with Crippen molar-refractivity contribution in [1.29, 1.82) is 0 Å². The van der Waals surface area contributed by atoms with Crippen molar-refractivity contribution < 1.29 is 13.6 Å². The summed E-state index contributed by atoms with van der Waals surface area (Å²) >= 11 is 5.48. The van der Waals surface area contributed by atoms with Gasteiger partial charge in [0.1, 0.15) is 5.82 Å². The van der Waals surface area contributed by atoms with Crippen LogP contribution in [0, 0.1) is 5.82 Å². The van der Waals surface area contributed by atoms with E-state index in [0.717, 1.165) is 6.07 Å². The summed E-state index contributed by atoms with van der Waals surface area (Å²) in [7, 11) is 0. The highest BCUT2D eigenvalue weighted by Crippen LogP contribution is 2.19. The first kappa shape index (κ1) is 9.13. The lowest BCUT2D eigenvalue weighted by molar-refractivity contribution is 0.0955. The van der Waals surface area contributed by atoms with Crippen LogP contribution >= 0.6 is 11.6 Å². The van der Waals surface area contributed by atoms with Crippen LogP contribution in [0.25, 0.3) is 0 Å². The van der Waals surface area contributed by atoms with Gasteiger partial charge in [-0.05, 0) is 12.1 Å². The molecule has 1 aromatic rings. The van der Waals surface area contributed by atoms with Gasteiger partial charge in [-0.3, -0.25) is 4.79 Å². The van der Waals surface area contributed by atoms with Crippen molar-refractivity contribution >= 4 is 17.4 Å². The molecule has 1 rings (SSSR count). The zero-order chi connectivity index (χ0) is 9.14. The highest BCUT2D eigenvalue weighted by molar-refractivity contribution is 6.34. The number of benzene rings is 1. The first-order chi connectivity index (χ1) is 5.66. The summed E-state index contributed by atoms with van der Waals surface area (Å²) in [5.74, 6) is -1.72. The Kier molecular flexibility index (Phi) is 2.76. The highest BCUT2D eigenvalue weighted by atomic mass is 35.5. The fraction of sp³-hybridized carbons (Fsp3) is 0.125. The number of ketones is 1. The molecular formula is C8H5ClF2O. The lowest BCUT2D eigenvalue weighted by Gasteiger charge is -2.00. The van der Waals surface area contributed by atoms with Gasteiger partial charge >= 0.3 is 0 Å². The Labute approximate surface area is 73.0 Å². The molecule has 0 N–H and O–H groups in total. The van der Waals surface area contributed by atoms with Gasteiger partial charge < -0.3 is 0 Å². The first-order valence-corrected chi connectivity index (χ1v) is 3.57. The predicted octanol–water partition coefficient (Wildman–Crippen LogP) is 2.63. The van der Waals surface area contributed by atoms with Gasteiger partial charge in [0, 0.05) is 0 Å². The van der Waals surface area contributed by atoms with Gasteiger partial charge in [0.25, 0.3) is 0 Å². The maximum Gasteiger partial charge on any atom is 0.198 e. The van der Waals surface area contributed by atoms with Gasteiger partial charge in [0.2, 0.25) is 0 Å². The molecule has 64 valence electrons. The average molecular weight is 191 g/mol. The Bertz CT molecular complexity index is 292. The SMILES string of the molecule is O=C(CF)c1c(F)cccc1Cl. The molecule has 12 heavy (non-hydrogen) atoms. The molecule has 1 nitrogen and oxygen atoms in total. The Morgan fingerprint density at radius 3 is 2.67 bits per heavy atom. The minimum Gasteiger partial charge on any atom is -0.291 e. The molecule has 0 bridgehead atoms. The lowest BCUT2D eigenvalue weighted by Crippen LogP contribution is -2.04. The summed E-state index contributed by atoms with van der Waals surface area (Å²) in [6.07, 6.45) is 0. The second-order valence-electron chi connectivity index (χ2n) is 2.15.